The van der Waals surface area contributed by atoms with Crippen LogP contribution >= 0.6 is 0 Å². The lowest BCUT2D eigenvalue weighted by molar-refractivity contribution is 0.836. The molecule has 3 heteroatoms. The van der Waals surface area contributed by atoms with Crippen molar-refractivity contribution in [2.45, 2.75) is 46.5 Å². The molecule has 0 atom stereocenters. The number of aryl methyl sites for hydroxylation is 1. The normalized spacial score (nSPS) is 11.3. The highest BCUT2D eigenvalue weighted by Gasteiger charge is 2.13. The number of hydrogen-bond donors (Lipinski definition) is 1. The molecule has 2 N–H and O–H groups in total. The Kier molecular flexibility index (Phi) is 4.07. The number of rotatable bonds is 3. The molecule has 2 aromatic rings. The Balaban J connectivity index is 2.43. The molecular weight excluding hydrogens is 246 g/mol. The molecule has 0 spiro atoms. The third-order valence-corrected chi connectivity index (χ3v) is 3.58. The van der Waals surface area contributed by atoms with Crippen LogP contribution in [-0.2, 0) is 0 Å². The molecule has 0 unspecified atom stereocenters. The first-order chi connectivity index (χ1) is 9.40. The minimum Gasteiger partial charge on any atom is -0.383 e. The van der Waals surface area contributed by atoms with Gasteiger partial charge in [-0.05, 0) is 24.3 Å². The summed E-state index contributed by atoms with van der Waals surface area (Å²) in [6.45, 7) is 10.6. The fraction of sp³-hybridized carbons (Fsp3) is 0.412. The van der Waals surface area contributed by atoms with Gasteiger partial charge in [0.1, 0.15) is 5.82 Å². The predicted molar refractivity (Wildman–Crippen MR) is 84.8 cm³/mol. The van der Waals surface area contributed by atoms with Crippen molar-refractivity contribution in [2.24, 2.45) is 0 Å². The summed E-state index contributed by atoms with van der Waals surface area (Å²) in [6, 6.07) is 8.40. The van der Waals surface area contributed by atoms with Crippen molar-refractivity contribution >= 4 is 5.82 Å². The molecule has 0 aliphatic heterocycles. The van der Waals surface area contributed by atoms with E-state index in [1.807, 2.05) is 6.92 Å². The Hall–Kier alpha value is -1.90. The number of anilines is 1. The van der Waals surface area contributed by atoms with E-state index in [0.717, 1.165) is 16.8 Å². The molecule has 0 saturated heterocycles. The Morgan fingerprint density at radius 1 is 0.900 bits per heavy atom. The van der Waals surface area contributed by atoms with Crippen LogP contribution in [0.25, 0.3) is 11.4 Å². The van der Waals surface area contributed by atoms with E-state index in [4.69, 9.17) is 5.73 Å². The summed E-state index contributed by atoms with van der Waals surface area (Å²) in [6.07, 6.45) is 0. The fourth-order valence-electron chi connectivity index (χ4n) is 2.46. The molecule has 2 rings (SSSR count). The van der Waals surface area contributed by atoms with Gasteiger partial charge in [0, 0.05) is 16.8 Å². The van der Waals surface area contributed by atoms with Crippen LogP contribution in [0.5, 0.6) is 0 Å². The Morgan fingerprint density at radius 2 is 1.50 bits per heavy atom. The minimum absolute atomic E-state index is 0.340. The standard InChI is InChI=1S/C17H23N3/c1-10(2)13-6-8-14(9-7-13)17-19-12(5)15(11(3)4)16(18)20-17/h6-11H,1-5H3,(H2,18,19,20). The van der Waals surface area contributed by atoms with Crippen LogP contribution < -0.4 is 5.73 Å². The van der Waals surface area contributed by atoms with Gasteiger partial charge in [-0.2, -0.15) is 0 Å². The van der Waals surface area contributed by atoms with E-state index in [0.29, 0.717) is 23.5 Å². The number of aromatic nitrogens is 2. The van der Waals surface area contributed by atoms with Gasteiger partial charge < -0.3 is 5.73 Å². The van der Waals surface area contributed by atoms with E-state index in [2.05, 4.69) is 61.9 Å². The SMILES string of the molecule is Cc1nc(-c2ccc(C(C)C)cc2)nc(N)c1C(C)C. The van der Waals surface area contributed by atoms with Crippen molar-refractivity contribution in [1.29, 1.82) is 0 Å². The summed E-state index contributed by atoms with van der Waals surface area (Å²) in [5.41, 5.74) is 10.4. The van der Waals surface area contributed by atoms with Gasteiger partial charge in [0.2, 0.25) is 0 Å². The molecule has 0 saturated carbocycles. The van der Waals surface area contributed by atoms with Gasteiger partial charge in [-0.1, -0.05) is 52.0 Å². The lowest BCUT2D eigenvalue weighted by Crippen LogP contribution is -2.06. The minimum atomic E-state index is 0.340. The largest absolute Gasteiger partial charge is 0.383 e. The topological polar surface area (TPSA) is 51.8 Å². The molecule has 0 fully saturated rings. The predicted octanol–water partition coefficient (Wildman–Crippen LogP) is 4.28. The van der Waals surface area contributed by atoms with Gasteiger partial charge in [0.05, 0.1) is 0 Å². The summed E-state index contributed by atoms with van der Waals surface area (Å²) in [4.78, 5) is 9.08. The highest BCUT2D eigenvalue weighted by molar-refractivity contribution is 5.59. The van der Waals surface area contributed by atoms with Crippen LogP contribution in [-0.4, -0.2) is 9.97 Å². The van der Waals surface area contributed by atoms with Crippen molar-refractivity contribution in [3.63, 3.8) is 0 Å². The van der Waals surface area contributed by atoms with Crippen LogP contribution in [0.4, 0.5) is 5.82 Å². The van der Waals surface area contributed by atoms with E-state index < -0.39 is 0 Å². The third-order valence-electron chi connectivity index (χ3n) is 3.58. The van der Waals surface area contributed by atoms with Crippen LogP contribution in [0, 0.1) is 6.92 Å². The molecule has 20 heavy (non-hydrogen) atoms. The molecule has 3 nitrogen and oxygen atoms in total. The maximum atomic E-state index is 6.09. The lowest BCUT2D eigenvalue weighted by Gasteiger charge is -2.13. The maximum Gasteiger partial charge on any atom is 0.161 e. The molecule has 0 aliphatic carbocycles. The van der Waals surface area contributed by atoms with Crippen molar-refractivity contribution < 1.29 is 0 Å². The zero-order valence-corrected chi connectivity index (χ0v) is 12.9. The summed E-state index contributed by atoms with van der Waals surface area (Å²) in [5, 5.41) is 0. The highest BCUT2D eigenvalue weighted by Crippen LogP contribution is 2.26. The molecular formula is C17H23N3. The zero-order chi connectivity index (χ0) is 14.9. The second-order valence-corrected chi connectivity index (χ2v) is 5.86. The number of benzene rings is 1. The average Bonchev–Trinajstić information content (AvgIpc) is 2.37. The molecule has 0 aliphatic rings. The van der Waals surface area contributed by atoms with Crippen LogP contribution in [0.1, 0.15) is 56.4 Å². The first kappa shape index (κ1) is 14.5. The summed E-state index contributed by atoms with van der Waals surface area (Å²) >= 11 is 0. The molecule has 0 radical (unpaired) electrons. The Morgan fingerprint density at radius 3 is 1.95 bits per heavy atom. The van der Waals surface area contributed by atoms with Crippen molar-refractivity contribution in [3.8, 4) is 11.4 Å². The molecule has 1 heterocycles. The smallest absolute Gasteiger partial charge is 0.161 e. The van der Waals surface area contributed by atoms with Crippen molar-refractivity contribution in [2.75, 3.05) is 5.73 Å². The van der Waals surface area contributed by atoms with Gasteiger partial charge in [0.25, 0.3) is 0 Å². The second kappa shape index (κ2) is 5.61. The first-order valence-corrected chi connectivity index (χ1v) is 7.14. The first-order valence-electron chi connectivity index (χ1n) is 7.14. The van der Waals surface area contributed by atoms with Gasteiger partial charge in [-0.3, -0.25) is 0 Å². The molecule has 0 amide bonds. The fourth-order valence-corrected chi connectivity index (χ4v) is 2.46. The number of nitrogens with two attached hydrogens (primary N) is 1. The molecule has 1 aromatic heterocycles. The molecule has 106 valence electrons. The summed E-state index contributed by atoms with van der Waals surface area (Å²) in [7, 11) is 0. The third kappa shape index (κ3) is 2.82. The van der Waals surface area contributed by atoms with Gasteiger partial charge in [-0.15, -0.1) is 0 Å². The van der Waals surface area contributed by atoms with Gasteiger partial charge >= 0.3 is 0 Å². The number of hydrogen-bond acceptors (Lipinski definition) is 3. The monoisotopic (exact) mass is 269 g/mol. The maximum absolute atomic E-state index is 6.09. The van der Waals surface area contributed by atoms with E-state index >= 15 is 0 Å². The zero-order valence-electron chi connectivity index (χ0n) is 12.9. The van der Waals surface area contributed by atoms with Crippen molar-refractivity contribution in [3.05, 3.63) is 41.1 Å². The van der Waals surface area contributed by atoms with E-state index in [-0.39, 0.29) is 0 Å². The second-order valence-electron chi connectivity index (χ2n) is 5.86. The van der Waals surface area contributed by atoms with Crippen LogP contribution in [0.15, 0.2) is 24.3 Å². The van der Waals surface area contributed by atoms with Crippen LogP contribution in [0.3, 0.4) is 0 Å². The Labute approximate surface area is 121 Å². The Bertz CT molecular complexity index is 575. The molecule has 1 aromatic carbocycles. The highest BCUT2D eigenvalue weighted by atomic mass is 15.0. The average molecular weight is 269 g/mol. The van der Waals surface area contributed by atoms with E-state index in [9.17, 15) is 0 Å². The van der Waals surface area contributed by atoms with E-state index in [1.54, 1.807) is 0 Å². The van der Waals surface area contributed by atoms with Gasteiger partial charge in [-0.25, -0.2) is 9.97 Å². The van der Waals surface area contributed by atoms with Crippen molar-refractivity contribution in [1.82, 2.24) is 9.97 Å². The molecule has 0 bridgehead atoms. The quantitative estimate of drug-likeness (QED) is 0.904. The van der Waals surface area contributed by atoms with Gasteiger partial charge in [0.15, 0.2) is 5.82 Å². The summed E-state index contributed by atoms with van der Waals surface area (Å²) in [5.74, 6) is 2.17. The van der Waals surface area contributed by atoms with Crippen LogP contribution in [0.2, 0.25) is 0 Å². The number of nitrogens with zero attached hydrogens (tertiary/aromatic N) is 2. The lowest BCUT2D eigenvalue weighted by atomic mass is 10.0. The van der Waals surface area contributed by atoms with E-state index in [1.165, 1.54) is 5.56 Å². The number of nitrogen functional groups attached to an aromatic ring is 1. The summed E-state index contributed by atoms with van der Waals surface area (Å²) < 4.78 is 0.